The van der Waals surface area contributed by atoms with E-state index in [4.69, 9.17) is 14.2 Å². The highest BCUT2D eigenvalue weighted by Crippen LogP contribution is 2.33. The number of esters is 1. The fraction of sp³-hybridized carbons (Fsp3) is 0.900. The number of aliphatic hydroxyl groups excluding tert-OH is 1. The monoisotopic (exact) mass is 218 g/mol. The van der Waals surface area contributed by atoms with Crippen LogP contribution in [0.2, 0.25) is 0 Å². The number of carbonyl (C=O) groups excluding carboxylic acids is 1. The van der Waals surface area contributed by atoms with Gasteiger partial charge in [-0.25, -0.2) is 0 Å². The zero-order valence-electron chi connectivity index (χ0n) is 9.52. The molecule has 1 rings (SSSR count). The Balaban J connectivity index is 2.82. The Labute approximate surface area is 89.3 Å². The highest BCUT2D eigenvalue weighted by atomic mass is 16.6. The summed E-state index contributed by atoms with van der Waals surface area (Å²) in [5.74, 6) is -0.380. The molecular formula is C10H18O5. The third-order valence-electron chi connectivity index (χ3n) is 2.74. The summed E-state index contributed by atoms with van der Waals surface area (Å²) in [6, 6.07) is 0. The summed E-state index contributed by atoms with van der Waals surface area (Å²) in [7, 11) is 1.53. The normalized spacial score (nSPS) is 41.3. The van der Waals surface area contributed by atoms with Crippen molar-refractivity contribution in [2.24, 2.45) is 0 Å². The minimum atomic E-state index is -0.878. The van der Waals surface area contributed by atoms with Crippen molar-refractivity contribution in [2.45, 2.75) is 51.3 Å². The first-order valence-electron chi connectivity index (χ1n) is 4.95. The van der Waals surface area contributed by atoms with E-state index in [0.717, 1.165) is 0 Å². The van der Waals surface area contributed by atoms with Gasteiger partial charge in [0.15, 0.2) is 12.4 Å². The second kappa shape index (κ2) is 4.47. The molecule has 1 aliphatic rings. The van der Waals surface area contributed by atoms with E-state index in [9.17, 15) is 9.90 Å². The van der Waals surface area contributed by atoms with Gasteiger partial charge in [-0.2, -0.15) is 0 Å². The van der Waals surface area contributed by atoms with Crippen LogP contribution in [0.3, 0.4) is 0 Å². The van der Waals surface area contributed by atoms with Crippen molar-refractivity contribution >= 4 is 5.97 Å². The lowest BCUT2D eigenvalue weighted by molar-refractivity contribution is -0.269. The van der Waals surface area contributed by atoms with Gasteiger partial charge in [-0.3, -0.25) is 4.79 Å². The number of rotatable bonds is 2. The maximum Gasteiger partial charge on any atom is 0.303 e. The van der Waals surface area contributed by atoms with Gasteiger partial charge in [0.05, 0.1) is 6.10 Å². The van der Waals surface area contributed by atoms with Gasteiger partial charge in [0.1, 0.15) is 5.60 Å². The van der Waals surface area contributed by atoms with Crippen LogP contribution in [0.4, 0.5) is 0 Å². The third-order valence-corrected chi connectivity index (χ3v) is 2.74. The predicted molar refractivity (Wildman–Crippen MR) is 52.1 cm³/mol. The molecule has 15 heavy (non-hydrogen) atoms. The van der Waals surface area contributed by atoms with E-state index in [0.29, 0.717) is 0 Å². The van der Waals surface area contributed by atoms with Crippen molar-refractivity contribution in [3.8, 4) is 0 Å². The Hall–Kier alpha value is -0.650. The summed E-state index contributed by atoms with van der Waals surface area (Å²) in [5, 5.41) is 9.46. The second-order valence-corrected chi connectivity index (χ2v) is 4.05. The predicted octanol–water partition coefficient (Wildman–Crippen LogP) is 0.450. The molecule has 5 heteroatoms. The van der Waals surface area contributed by atoms with Gasteiger partial charge < -0.3 is 19.3 Å². The highest BCUT2D eigenvalue weighted by Gasteiger charge is 2.47. The fourth-order valence-electron chi connectivity index (χ4n) is 1.93. The smallest absolute Gasteiger partial charge is 0.303 e. The minimum absolute atomic E-state index is 0.284. The molecular weight excluding hydrogens is 200 g/mol. The molecule has 1 N–H and O–H groups in total. The largest absolute Gasteiger partial charge is 0.457 e. The molecule has 0 aromatic heterocycles. The van der Waals surface area contributed by atoms with Crippen molar-refractivity contribution in [1.82, 2.24) is 0 Å². The standard InChI is InChI=1S/C10H18O5/c1-6-9(15-7(2)11)10(3,13-4)5-8(12)14-6/h6,8-9,12H,5H2,1-4H3/t6-,8?,9?,10+/m0/s1. The molecule has 1 fully saturated rings. The molecule has 2 unspecified atom stereocenters. The van der Waals surface area contributed by atoms with Crippen molar-refractivity contribution in [2.75, 3.05) is 7.11 Å². The van der Waals surface area contributed by atoms with Crippen LogP contribution < -0.4 is 0 Å². The second-order valence-electron chi connectivity index (χ2n) is 4.05. The molecule has 4 atom stereocenters. The highest BCUT2D eigenvalue weighted by molar-refractivity contribution is 5.66. The van der Waals surface area contributed by atoms with Gasteiger partial charge in [0.25, 0.3) is 0 Å². The van der Waals surface area contributed by atoms with Gasteiger partial charge in [0, 0.05) is 20.5 Å². The van der Waals surface area contributed by atoms with Crippen LogP contribution >= 0.6 is 0 Å². The van der Waals surface area contributed by atoms with Crippen LogP contribution in [0.25, 0.3) is 0 Å². The number of methoxy groups -OCH3 is 1. The molecule has 1 aliphatic heterocycles. The Kier molecular flexibility index (Phi) is 3.70. The summed E-state index contributed by atoms with van der Waals surface area (Å²) >= 11 is 0. The maximum absolute atomic E-state index is 10.9. The molecule has 0 saturated carbocycles. The zero-order chi connectivity index (χ0) is 11.6. The summed E-state index contributed by atoms with van der Waals surface area (Å²) < 4.78 is 15.7. The maximum atomic E-state index is 10.9. The van der Waals surface area contributed by atoms with Crippen LogP contribution in [0.15, 0.2) is 0 Å². The molecule has 88 valence electrons. The molecule has 0 amide bonds. The van der Waals surface area contributed by atoms with Crippen LogP contribution in [-0.4, -0.2) is 42.3 Å². The Bertz CT molecular complexity index is 242. The molecule has 0 bridgehead atoms. The lowest BCUT2D eigenvalue weighted by Crippen LogP contribution is -2.57. The van der Waals surface area contributed by atoms with Crippen LogP contribution in [0.1, 0.15) is 27.2 Å². The molecule has 5 nitrogen and oxygen atoms in total. The fourth-order valence-corrected chi connectivity index (χ4v) is 1.93. The SMILES string of the molecule is CO[C@]1(C)CC(O)O[C@@H](C)C1OC(C)=O. The summed E-state index contributed by atoms with van der Waals surface area (Å²) in [6.07, 6.45) is -1.48. The van der Waals surface area contributed by atoms with Crippen molar-refractivity contribution in [1.29, 1.82) is 0 Å². The van der Waals surface area contributed by atoms with Gasteiger partial charge in [0.2, 0.25) is 0 Å². The number of aliphatic hydroxyl groups is 1. The Morgan fingerprint density at radius 1 is 1.60 bits per heavy atom. The molecule has 1 saturated heterocycles. The van der Waals surface area contributed by atoms with Gasteiger partial charge in [-0.15, -0.1) is 0 Å². The Morgan fingerprint density at radius 3 is 2.67 bits per heavy atom. The van der Waals surface area contributed by atoms with Crippen molar-refractivity contribution in [3.05, 3.63) is 0 Å². The van der Waals surface area contributed by atoms with Gasteiger partial charge >= 0.3 is 5.97 Å². The number of ether oxygens (including phenoxy) is 3. The third kappa shape index (κ3) is 2.68. The van der Waals surface area contributed by atoms with E-state index in [2.05, 4.69) is 0 Å². The summed E-state index contributed by atoms with van der Waals surface area (Å²) in [4.78, 5) is 10.9. The minimum Gasteiger partial charge on any atom is -0.457 e. The zero-order valence-corrected chi connectivity index (χ0v) is 9.52. The van der Waals surface area contributed by atoms with E-state index < -0.39 is 18.0 Å². The first kappa shape index (κ1) is 12.4. The lowest BCUT2D eigenvalue weighted by Gasteiger charge is -2.44. The molecule has 0 aromatic rings. The van der Waals surface area contributed by atoms with E-state index in [1.54, 1.807) is 13.8 Å². The first-order chi connectivity index (χ1) is 6.89. The summed E-state index contributed by atoms with van der Waals surface area (Å²) in [6.45, 7) is 4.88. The van der Waals surface area contributed by atoms with Crippen LogP contribution in [-0.2, 0) is 19.0 Å². The first-order valence-corrected chi connectivity index (χ1v) is 4.95. The van der Waals surface area contributed by atoms with Crippen molar-refractivity contribution in [3.63, 3.8) is 0 Å². The molecule has 0 spiro atoms. The van der Waals surface area contributed by atoms with Gasteiger partial charge in [-0.05, 0) is 13.8 Å². The number of hydrogen-bond acceptors (Lipinski definition) is 5. The van der Waals surface area contributed by atoms with E-state index in [1.165, 1.54) is 14.0 Å². The van der Waals surface area contributed by atoms with Crippen LogP contribution in [0.5, 0.6) is 0 Å². The topological polar surface area (TPSA) is 65.0 Å². The molecule has 0 aliphatic carbocycles. The van der Waals surface area contributed by atoms with E-state index in [1.807, 2.05) is 0 Å². The van der Waals surface area contributed by atoms with E-state index >= 15 is 0 Å². The van der Waals surface area contributed by atoms with E-state index in [-0.39, 0.29) is 18.5 Å². The number of carbonyl (C=O) groups is 1. The molecule has 1 heterocycles. The molecule has 0 radical (unpaired) electrons. The van der Waals surface area contributed by atoms with Crippen LogP contribution in [0, 0.1) is 0 Å². The summed E-state index contributed by atoms with van der Waals surface area (Å²) in [5.41, 5.74) is -0.706. The van der Waals surface area contributed by atoms with Gasteiger partial charge in [-0.1, -0.05) is 0 Å². The average molecular weight is 218 g/mol. The average Bonchev–Trinajstić information content (AvgIpc) is 2.11. The van der Waals surface area contributed by atoms with Crippen molar-refractivity contribution < 1.29 is 24.1 Å². The Morgan fingerprint density at radius 2 is 2.20 bits per heavy atom. The lowest BCUT2D eigenvalue weighted by atomic mass is 9.88. The molecule has 0 aromatic carbocycles. The number of hydrogen-bond donors (Lipinski definition) is 1. The quantitative estimate of drug-likeness (QED) is 0.682.